The Labute approximate surface area is 163 Å². The number of alkyl halides is 3. The van der Waals surface area contributed by atoms with Gasteiger partial charge in [0.2, 0.25) is 0 Å². The Kier molecular flexibility index (Phi) is 5.64. The molecule has 1 saturated heterocycles. The Balaban J connectivity index is 1.50. The molecule has 1 heterocycles. The van der Waals surface area contributed by atoms with Gasteiger partial charge in [0.05, 0.1) is 18.7 Å². The molecule has 1 atom stereocenters. The minimum absolute atomic E-state index is 0.0370. The number of urea groups is 1. The van der Waals surface area contributed by atoms with Crippen molar-refractivity contribution >= 4 is 35.1 Å². The Bertz CT molecular complexity index is 874. The van der Waals surface area contributed by atoms with Crippen LogP contribution in [0.4, 0.5) is 34.1 Å². The van der Waals surface area contributed by atoms with E-state index in [9.17, 15) is 22.8 Å². The Morgan fingerprint density at radius 2 is 1.93 bits per heavy atom. The van der Waals surface area contributed by atoms with Crippen molar-refractivity contribution in [2.24, 2.45) is 0 Å². The first-order valence-corrected chi connectivity index (χ1v) is 8.56. The number of carbonyl (C=O) groups excluding carboxylic acids is 2. The molecule has 3 rings (SSSR count). The van der Waals surface area contributed by atoms with Crippen molar-refractivity contribution in [1.29, 1.82) is 0 Å². The second kappa shape index (κ2) is 7.97. The lowest BCUT2D eigenvalue weighted by Crippen LogP contribution is -2.37. The van der Waals surface area contributed by atoms with Crippen molar-refractivity contribution in [3.8, 4) is 0 Å². The number of nitrogens with one attached hydrogen (secondary N) is 2. The van der Waals surface area contributed by atoms with Gasteiger partial charge < -0.3 is 15.4 Å². The zero-order valence-corrected chi connectivity index (χ0v) is 15.1. The predicted molar refractivity (Wildman–Crippen MR) is 97.5 cm³/mol. The maximum absolute atomic E-state index is 12.5. The summed E-state index contributed by atoms with van der Waals surface area (Å²) in [5, 5.41) is 5.41. The van der Waals surface area contributed by atoms with Crippen molar-refractivity contribution in [3.63, 3.8) is 0 Å². The van der Waals surface area contributed by atoms with E-state index in [0.29, 0.717) is 10.7 Å². The third kappa shape index (κ3) is 4.86. The monoisotopic (exact) mass is 413 g/mol. The van der Waals surface area contributed by atoms with E-state index in [2.05, 4.69) is 10.6 Å². The standard InChI is InChI=1S/C18H15ClF3N3O3/c19-12-2-1-3-14(8-12)25-10-15(28-17(25)27)9-23-16(26)24-13-6-4-11(5-7-13)18(20,21)22/h1-8,15H,9-10H2,(H2,23,24,26)/t15-/m0/s1. The molecule has 2 aromatic rings. The number of halogens is 4. The van der Waals surface area contributed by atoms with Crippen LogP contribution < -0.4 is 15.5 Å². The Morgan fingerprint density at radius 1 is 1.21 bits per heavy atom. The van der Waals surface area contributed by atoms with Gasteiger partial charge in [-0.25, -0.2) is 9.59 Å². The number of cyclic esters (lactones) is 1. The van der Waals surface area contributed by atoms with Gasteiger partial charge >= 0.3 is 18.3 Å². The molecule has 0 spiro atoms. The molecular weight excluding hydrogens is 399 g/mol. The molecule has 0 saturated carbocycles. The number of benzene rings is 2. The van der Waals surface area contributed by atoms with Crippen LogP contribution in [0.15, 0.2) is 48.5 Å². The summed E-state index contributed by atoms with van der Waals surface area (Å²) >= 11 is 5.92. The molecule has 0 bridgehead atoms. The highest BCUT2D eigenvalue weighted by atomic mass is 35.5. The van der Waals surface area contributed by atoms with E-state index in [-0.39, 0.29) is 18.8 Å². The summed E-state index contributed by atoms with van der Waals surface area (Å²) in [7, 11) is 0. The maximum atomic E-state index is 12.5. The van der Waals surface area contributed by atoms with Gasteiger partial charge in [-0.3, -0.25) is 4.90 Å². The lowest BCUT2D eigenvalue weighted by molar-refractivity contribution is -0.137. The van der Waals surface area contributed by atoms with Gasteiger partial charge in [0.25, 0.3) is 0 Å². The minimum atomic E-state index is -4.44. The summed E-state index contributed by atoms with van der Waals surface area (Å²) in [6.45, 7) is 0.259. The van der Waals surface area contributed by atoms with Gasteiger partial charge in [-0.2, -0.15) is 13.2 Å². The van der Waals surface area contributed by atoms with Crippen LogP contribution in [0.2, 0.25) is 5.02 Å². The van der Waals surface area contributed by atoms with Crippen molar-refractivity contribution in [1.82, 2.24) is 5.32 Å². The van der Waals surface area contributed by atoms with Crippen LogP contribution in [0.25, 0.3) is 0 Å². The van der Waals surface area contributed by atoms with Gasteiger partial charge in [-0.1, -0.05) is 17.7 Å². The molecule has 1 aliphatic rings. The summed E-state index contributed by atoms with van der Waals surface area (Å²) in [6.07, 6.45) is -5.58. The first-order chi connectivity index (χ1) is 13.2. The van der Waals surface area contributed by atoms with Crippen molar-refractivity contribution in [3.05, 3.63) is 59.1 Å². The number of hydrogen-bond donors (Lipinski definition) is 2. The van der Waals surface area contributed by atoms with Gasteiger partial charge in [0, 0.05) is 16.4 Å². The van der Waals surface area contributed by atoms with E-state index in [1.165, 1.54) is 4.90 Å². The van der Waals surface area contributed by atoms with Crippen molar-refractivity contribution in [2.45, 2.75) is 12.3 Å². The van der Waals surface area contributed by atoms with Crippen molar-refractivity contribution < 1.29 is 27.5 Å². The first-order valence-electron chi connectivity index (χ1n) is 8.18. The quantitative estimate of drug-likeness (QED) is 0.775. The number of rotatable bonds is 4. The Hall–Kier alpha value is -2.94. The predicted octanol–water partition coefficient (Wildman–Crippen LogP) is 4.51. The average molecular weight is 414 g/mol. The third-order valence-electron chi connectivity index (χ3n) is 3.95. The molecule has 1 fully saturated rings. The molecule has 1 aliphatic heterocycles. The largest absolute Gasteiger partial charge is 0.442 e. The molecule has 2 N–H and O–H groups in total. The fourth-order valence-electron chi connectivity index (χ4n) is 2.61. The number of anilines is 2. The van der Waals surface area contributed by atoms with Crippen molar-refractivity contribution in [2.75, 3.05) is 23.3 Å². The molecule has 3 amide bonds. The van der Waals surface area contributed by atoms with E-state index in [1.807, 2.05) is 0 Å². The number of amides is 3. The molecule has 0 unspecified atom stereocenters. The molecule has 10 heteroatoms. The third-order valence-corrected chi connectivity index (χ3v) is 4.19. The van der Waals surface area contributed by atoms with E-state index >= 15 is 0 Å². The fourth-order valence-corrected chi connectivity index (χ4v) is 2.79. The topological polar surface area (TPSA) is 70.7 Å². The smallest absolute Gasteiger partial charge is 0.416 e. The average Bonchev–Trinajstić information content (AvgIpc) is 3.00. The lowest BCUT2D eigenvalue weighted by atomic mass is 10.2. The summed E-state index contributed by atoms with van der Waals surface area (Å²) in [5.41, 5.74) is -0.0268. The number of nitrogens with zero attached hydrogens (tertiary/aromatic N) is 1. The van der Waals surface area contributed by atoms with E-state index < -0.39 is 30.0 Å². The van der Waals surface area contributed by atoms with Crippen LogP contribution in [0.1, 0.15) is 5.56 Å². The number of carbonyl (C=O) groups is 2. The molecule has 2 aromatic carbocycles. The van der Waals surface area contributed by atoms with Gasteiger partial charge in [-0.15, -0.1) is 0 Å². The minimum Gasteiger partial charge on any atom is -0.442 e. The Morgan fingerprint density at radius 3 is 2.57 bits per heavy atom. The molecule has 148 valence electrons. The summed E-state index contributed by atoms with van der Waals surface area (Å²) in [6, 6.07) is 10.1. The fraction of sp³-hybridized carbons (Fsp3) is 0.222. The van der Waals surface area contributed by atoms with Crippen LogP contribution >= 0.6 is 11.6 Å². The number of hydrogen-bond acceptors (Lipinski definition) is 3. The van der Waals surface area contributed by atoms with Crippen LogP contribution in [-0.4, -0.2) is 31.3 Å². The summed E-state index contributed by atoms with van der Waals surface area (Å²) in [4.78, 5) is 25.3. The van der Waals surface area contributed by atoms with Crippen LogP contribution in [0, 0.1) is 0 Å². The second-order valence-corrected chi connectivity index (χ2v) is 6.44. The first kappa shape index (κ1) is 19.8. The zero-order chi connectivity index (χ0) is 20.3. The van der Waals surface area contributed by atoms with Crippen LogP contribution in [-0.2, 0) is 10.9 Å². The summed E-state index contributed by atoms with van der Waals surface area (Å²) in [5.74, 6) is 0. The normalized spacial score (nSPS) is 16.6. The highest BCUT2D eigenvalue weighted by Gasteiger charge is 2.33. The van der Waals surface area contributed by atoms with E-state index in [0.717, 1.165) is 24.3 Å². The maximum Gasteiger partial charge on any atom is 0.416 e. The van der Waals surface area contributed by atoms with E-state index in [1.54, 1.807) is 24.3 Å². The molecular formula is C18H15ClF3N3O3. The van der Waals surface area contributed by atoms with Gasteiger partial charge in [-0.05, 0) is 42.5 Å². The molecule has 0 aromatic heterocycles. The zero-order valence-electron chi connectivity index (χ0n) is 14.3. The van der Waals surface area contributed by atoms with Crippen LogP contribution in [0.5, 0.6) is 0 Å². The highest BCUT2D eigenvalue weighted by Crippen LogP contribution is 2.29. The SMILES string of the molecule is O=C(NC[C@H]1CN(c2cccc(Cl)c2)C(=O)O1)Nc1ccc(C(F)(F)F)cc1. The lowest BCUT2D eigenvalue weighted by Gasteiger charge is -2.13. The van der Waals surface area contributed by atoms with Gasteiger partial charge in [0.15, 0.2) is 0 Å². The molecule has 0 aliphatic carbocycles. The second-order valence-electron chi connectivity index (χ2n) is 6.01. The molecule has 28 heavy (non-hydrogen) atoms. The van der Waals surface area contributed by atoms with Crippen LogP contribution in [0.3, 0.4) is 0 Å². The van der Waals surface area contributed by atoms with E-state index in [4.69, 9.17) is 16.3 Å². The highest BCUT2D eigenvalue weighted by molar-refractivity contribution is 6.30. The molecule has 0 radical (unpaired) electrons. The summed E-state index contributed by atoms with van der Waals surface area (Å²) < 4.78 is 42.8. The van der Waals surface area contributed by atoms with Gasteiger partial charge in [0.1, 0.15) is 6.10 Å². The number of ether oxygens (including phenoxy) is 1. The molecule has 6 nitrogen and oxygen atoms in total.